The van der Waals surface area contributed by atoms with Gasteiger partial charge in [-0.15, -0.1) is 0 Å². The molecule has 46 heavy (non-hydrogen) atoms. The van der Waals surface area contributed by atoms with E-state index < -0.39 is 41.8 Å². The van der Waals surface area contributed by atoms with Crippen LogP contribution in [-0.2, 0) is 32.0 Å². The number of benzene rings is 2. The van der Waals surface area contributed by atoms with E-state index in [0.29, 0.717) is 32.2 Å². The van der Waals surface area contributed by atoms with E-state index >= 15 is 0 Å². The average Bonchev–Trinajstić information content (AvgIpc) is 2.99. The first kappa shape index (κ1) is 37.9. The predicted molar refractivity (Wildman–Crippen MR) is 176 cm³/mol. The molecule has 252 valence electrons. The summed E-state index contributed by atoms with van der Waals surface area (Å²) in [5.74, 6) is -3.30. The molecule has 0 aliphatic heterocycles. The van der Waals surface area contributed by atoms with E-state index in [-0.39, 0.29) is 56.0 Å². The topological polar surface area (TPSA) is 234 Å². The number of phenols is 1. The Bertz CT molecular complexity index is 1310. The van der Waals surface area contributed by atoms with Crippen molar-refractivity contribution in [2.75, 3.05) is 13.1 Å². The van der Waals surface area contributed by atoms with E-state index in [2.05, 4.69) is 10.6 Å². The highest BCUT2D eigenvalue weighted by molar-refractivity contribution is 5.94. The Morgan fingerprint density at radius 1 is 0.826 bits per heavy atom. The molecule has 2 aromatic carbocycles. The van der Waals surface area contributed by atoms with Crippen molar-refractivity contribution in [1.82, 2.24) is 10.6 Å². The second-order valence-corrected chi connectivity index (χ2v) is 12.0. The van der Waals surface area contributed by atoms with Gasteiger partial charge in [0.1, 0.15) is 11.5 Å². The molecule has 0 radical (unpaired) electrons. The molecule has 0 heterocycles. The quantitative estimate of drug-likeness (QED) is 0.0994. The maximum absolute atomic E-state index is 13.9. The van der Waals surface area contributed by atoms with Crippen molar-refractivity contribution in [3.8, 4) is 5.75 Å². The lowest BCUT2D eigenvalue weighted by Gasteiger charge is -2.25. The summed E-state index contributed by atoms with van der Waals surface area (Å²) in [6, 6.07) is 9.97. The van der Waals surface area contributed by atoms with Gasteiger partial charge in [-0.2, -0.15) is 0 Å². The number of ketones is 2. The number of phenolic OH excluding ortho intramolecular Hbond substituents is 1. The summed E-state index contributed by atoms with van der Waals surface area (Å²) in [5.41, 5.74) is 25.8. The molecule has 0 aromatic heterocycles. The highest BCUT2D eigenvalue weighted by Gasteiger charge is 2.31. The number of hydrogen-bond donors (Lipinski definition) is 7. The molecule has 0 bridgehead atoms. The molecule has 2 aromatic rings. The summed E-state index contributed by atoms with van der Waals surface area (Å²) in [4.78, 5) is 64.0. The van der Waals surface area contributed by atoms with Gasteiger partial charge in [0.25, 0.3) is 0 Å². The van der Waals surface area contributed by atoms with Crippen LogP contribution in [0.5, 0.6) is 5.75 Å². The van der Waals surface area contributed by atoms with Gasteiger partial charge in [0.2, 0.25) is 11.8 Å². The minimum absolute atomic E-state index is 0.0903. The third-order valence-electron chi connectivity index (χ3n) is 8.18. The Labute approximate surface area is 271 Å². The van der Waals surface area contributed by atoms with Crippen LogP contribution >= 0.6 is 0 Å². The number of nitrogens with two attached hydrogens (primary N) is 4. The number of aryl methyl sites for hydroxylation is 2. The van der Waals surface area contributed by atoms with Crippen LogP contribution in [0.4, 0.5) is 4.79 Å². The Kier molecular flexibility index (Phi) is 15.9. The fourth-order valence-corrected chi connectivity index (χ4v) is 5.54. The Hall–Kier alpha value is -4.29. The van der Waals surface area contributed by atoms with Gasteiger partial charge >= 0.3 is 6.03 Å². The van der Waals surface area contributed by atoms with Crippen molar-refractivity contribution in [2.24, 2.45) is 34.8 Å². The molecule has 0 aliphatic carbocycles. The number of amides is 4. The van der Waals surface area contributed by atoms with Crippen molar-refractivity contribution in [2.45, 2.75) is 83.7 Å². The molecule has 12 nitrogen and oxygen atoms in total. The number of Topliss-reactive ketones (excluding diaryl/α,β-unsaturated/α-hetero) is 2. The van der Waals surface area contributed by atoms with Crippen LogP contribution in [0.25, 0.3) is 0 Å². The van der Waals surface area contributed by atoms with Crippen LogP contribution in [-0.4, -0.2) is 59.7 Å². The normalized spacial score (nSPS) is 13.7. The van der Waals surface area contributed by atoms with Gasteiger partial charge < -0.3 is 38.7 Å². The van der Waals surface area contributed by atoms with Gasteiger partial charge in [-0.3, -0.25) is 19.2 Å². The lowest BCUT2D eigenvalue weighted by molar-refractivity contribution is -0.133. The molecule has 4 amide bonds. The molecule has 0 fully saturated rings. The van der Waals surface area contributed by atoms with Crippen LogP contribution in [0.2, 0.25) is 0 Å². The molecular formula is C34H50N6O6. The molecule has 0 aliphatic rings. The maximum Gasteiger partial charge on any atom is 0.312 e. The number of unbranched alkanes of at least 4 members (excludes halogenated alkanes) is 1. The van der Waals surface area contributed by atoms with Crippen molar-refractivity contribution >= 4 is 29.4 Å². The van der Waals surface area contributed by atoms with Crippen molar-refractivity contribution in [3.05, 3.63) is 64.7 Å². The zero-order chi connectivity index (χ0) is 34.2. The Balaban J connectivity index is 2.29. The number of nitrogens with one attached hydrogen (secondary N) is 2. The summed E-state index contributed by atoms with van der Waals surface area (Å²) < 4.78 is 0. The first-order valence-corrected chi connectivity index (χ1v) is 15.8. The van der Waals surface area contributed by atoms with Crippen molar-refractivity contribution in [3.63, 3.8) is 0 Å². The second kappa shape index (κ2) is 19.3. The molecular weight excluding hydrogens is 588 g/mol. The van der Waals surface area contributed by atoms with Crippen LogP contribution in [0.3, 0.4) is 0 Å². The van der Waals surface area contributed by atoms with E-state index in [1.807, 2.05) is 44.2 Å². The zero-order valence-corrected chi connectivity index (χ0v) is 26.9. The number of primary amides is 2. The highest BCUT2D eigenvalue weighted by Crippen LogP contribution is 2.26. The standard InChI is InChI=1S/C34H50N6O6/c1-21-15-26(41)16-22(2)27(21)18-25(20-30(42)28(36)11-8-14-39-34(38)46)33(45)40-29(12-6-7-13-35)31(43)19-24(32(37)44)17-23-9-4-3-5-10-23/h3-5,9-10,15-16,24-25,28-29,41H,6-8,11-14,17-20,35-36H2,1-2H3,(H2,37,44)(H,40,45)(H3,38,39,46)/t24-,25-,28-,29+/m1/s1. The van der Waals surface area contributed by atoms with Crippen LogP contribution < -0.4 is 33.6 Å². The van der Waals surface area contributed by atoms with Gasteiger partial charge in [-0.1, -0.05) is 30.3 Å². The van der Waals surface area contributed by atoms with Crippen LogP contribution in [0, 0.1) is 25.7 Å². The fraction of sp³-hybridized carbons (Fsp3) is 0.500. The van der Waals surface area contributed by atoms with E-state index in [1.165, 1.54) is 0 Å². The fourth-order valence-electron chi connectivity index (χ4n) is 5.54. The van der Waals surface area contributed by atoms with Crippen LogP contribution in [0.15, 0.2) is 42.5 Å². The largest absolute Gasteiger partial charge is 0.508 e. The van der Waals surface area contributed by atoms with Gasteiger partial charge in [0.15, 0.2) is 5.78 Å². The SMILES string of the molecule is Cc1cc(O)cc(C)c1C[C@H](CC(=O)[C@H](N)CCCNC(N)=O)C(=O)N[C@@H](CCCCN)C(=O)C[C@@H](Cc1ccccc1)C(N)=O. The first-order chi connectivity index (χ1) is 21.8. The summed E-state index contributed by atoms with van der Waals surface area (Å²) >= 11 is 0. The van der Waals surface area contributed by atoms with Gasteiger partial charge in [0.05, 0.1) is 12.1 Å². The molecule has 0 saturated carbocycles. The van der Waals surface area contributed by atoms with E-state index in [0.717, 1.165) is 22.3 Å². The van der Waals surface area contributed by atoms with Crippen LogP contribution in [0.1, 0.15) is 67.2 Å². The third-order valence-corrected chi connectivity index (χ3v) is 8.18. The number of carbonyl (C=O) groups excluding carboxylic acids is 5. The lowest BCUT2D eigenvalue weighted by atomic mass is 9.86. The zero-order valence-electron chi connectivity index (χ0n) is 26.9. The Morgan fingerprint density at radius 3 is 2.04 bits per heavy atom. The molecule has 4 atom stereocenters. The smallest absolute Gasteiger partial charge is 0.312 e. The highest BCUT2D eigenvalue weighted by atomic mass is 16.3. The molecule has 11 N–H and O–H groups in total. The molecule has 12 heteroatoms. The minimum Gasteiger partial charge on any atom is -0.508 e. The van der Waals surface area contributed by atoms with Gasteiger partial charge in [-0.25, -0.2) is 4.79 Å². The first-order valence-electron chi connectivity index (χ1n) is 15.8. The number of aromatic hydroxyl groups is 1. The summed E-state index contributed by atoms with van der Waals surface area (Å²) in [5, 5.41) is 15.4. The number of rotatable bonds is 21. The molecule has 0 unspecified atom stereocenters. The molecule has 0 spiro atoms. The monoisotopic (exact) mass is 638 g/mol. The summed E-state index contributed by atoms with van der Waals surface area (Å²) in [6.07, 6.45) is 2.34. The second-order valence-electron chi connectivity index (χ2n) is 12.0. The molecule has 0 saturated heterocycles. The summed E-state index contributed by atoms with van der Waals surface area (Å²) in [7, 11) is 0. The minimum atomic E-state index is -0.912. The summed E-state index contributed by atoms with van der Waals surface area (Å²) in [6.45, 7) is 4.30. The van der Waals surface area contributed by atoms with E-state index in [9.17, 15) is 29.1 Å². The van der Waals surface area contributed by atoms with Crippen molar-refractivity contribution in [1.29, 1.82) is 0 Å². The molecule has 2 rings (SSSR count). The van der Waals surface area contributed by atoms with E-state index in [4.69, 9.17) is 22.9 Å². The third kappa shape index (κ3) is 13.0. The van der Waals surface area contributed by atoms with E-state index in [1.54, 1.807) is 12.1 Å². The average molecular weight is 639 g/mol. The van der Waals surface area contributed by atoms with Gasteiger partial charge in [-0.05, 0) is 99.7 Å². The predicted octanol–water partition coefficient (Wildman–Crippen LogP) is 1.82. The lowest BCUT2D eigenvalue weighted by Crippen LogP contribution is -2.46. The Morgan fingerprint density at radius 2 is 1.46 bits per heavy atom. The number of carbonyl (C=O) groups is 5. The number of hydrogen-bond acceptors (Lipinski definition) is 8. The van der Waals surface area contributed by atoms with Crippen molar-refractivity contribution < 1.29 is 29.1 Å². The number of urea groups is 1. The maximum atomic E-state index is 13.9. The van der Waals surface area contributed by atoms with Gasteiger partial charge in [0, 0.05) is 31.2 Å².